The molecule has 4 heteroatoms. The molecule has 0 saturated carbocycles. The number of piperidine rings is 1. The van der Waals surface area contributed by atoms with Gasteiger partial charge in [0, 0.05) is 19.5 Å². The molecule has 2 aromatic rings. The van der Waals surface area contributed by atoms with Crippen LogP contribution < -0.4 is 10.5 Å². The lowest BCUT2D eigenvalue weighted by molar-refractivity contribution is -0.118. The van der Waals surface area contributed by atoms with Crippen molar-refractivity contribution in [1.29, 1.82) is 0 Å². The van der Waals surface area contributed by atoms with Gasteiger partial charge >= 0.3 is 0 Å². The summed E-state index contributed by atoms with van der Waals surface area (Å²) in [6, 6.07) is 18.1. The molecule has 2 N–H and O–H groups in total. The van der Waals surface area contributed by atoms with Crippen LogP contribution in [0.25, 0.3) is 0 Å². The van der Waals surface area contributed by atoms with Crippen molar-refractivity contribution in [3.63, 3.8) is 0 Å². The molecule has 0 aromatic heterocycles. The number of para-hydroxylation sites is 1. The molecule has 0 aliphatic carbocycles. The fraction of sp³-hybridized carbons (Fsp3) is 0.381. The first-order valence-corrected chi connectivity index (χ1v) is 9.01. The van der Waals surface area contributed by atoms with Crippen LogP contribution in [0.15, 0.2) is 54.6 Å². The Morgan fingerprint density at radius 2 is 1.80 bits per heavy atom. The van der Waals surface area contributed by atoms with Crippen LogP contribution in [0.2, 0.25) is 0 Å². The predicted octanol–water partition coefficient (Wildman–Crippen LogP) is 3.96. The molecule has 1 aliphatic heterocycles. The molecule has 4 nitrogen and oxygen atoms in total. The fourth-order valence-corrected chi connectivity index (χ4v) is 3.42. The molecular weight excluding hydrogens is 312 g/mol. The van der Waals surface area contributed by atoms with E-state index in [1.54, 1.807) is 0 Å². The van der Waals surface area contributed by atoms with Crippen LogP contribution in [0, 0.1) is 5.92 Å². The number of ether oxygens (including phenoxy) is 1. The maximum absolute atomic E-state index is 11.0. The number of nitrogens with zero attached hydrogens (tertiary/aromatic N) is 1. The van der Waals surface area contributed by atoms with E-state index in [0.717, 1.165) is 37.6 Å². The van der Waals surface area contributed by atoms with Gasteiger partial charge in [0.1, 0.15) is 11.5 Å². The van der Waals surface area contributed by atoms with Crippen LogP contribution in [0.4, 0.5) is 0 Å². The molecule has 132 valence electrons. The molecule has 0 unspecified atom stereocenters. The Labute approximate surface area is 149 Å². The van der Waals surface area contributed by atoms with Crippen LogP contribution in [-0.4, -0.2) is 23.9 Å². The molecular formula is C21H26N2O2. The highest BCUT2D eigenvalue weighted by atomic mass is 16.5. The van der Waals surface area contributed by atoms with Gasteiger partial charge in [-0.2, -0.15) is 0 Å². The lowest BCUT2D eigenvalue weighted by Crippen LogP contribution is -2.35. The SMILES string of the molecule is NC(=O)CC[C@H]1CCCN(Cc2ccc(Oc3ccccc3)cc2)C1. The van der Waals surface area contributed by atoms with Gasteiger partial charge in [0.2, 0.25) is 5.91 Å². The number of hydrogen-bond donors (Lipinski definition) is 1. The highest BCUT2D eigenvalue weighted by Crippen LogP contribution is 2.24. The van der Waals surface area contributed by atoms with Crippen LogP contribution in [0.5, 0.6) is 11.5 Å². The van der Waals surface area contributed by atoms with Crippen molar-refractivity contribution in [2.45, 2.75) is 32.2 Å². The fourth-order valence-electron chi connectivity index (χ4n) is 3.42. The van der Waals surface area contributed by atoms with Crippen molar-refractivity contribution in [1.82, 2.24) is 4.90 Å². The quantitative estimate of drug-likeness (QED) is 0.831. The van der Waals surface area contributed by atoms with Crippen molar-refractivity contribution in [2.24, 2.45) is 11.7 Å². The number of hydrogen-bond acceptors (Lipinski definition) is 3. The molecule has 1 saturated heterocycles. The number of primary amides is 1. The first-order valence-electron chi connectivity index (χ1n) is 9.01. The summed E-state index contributed by atoms with van der Waals surface area (Å²) in [6.45, 7) is 3.11. The molecule has 3 rings (SSSR count). The molecule has 1 heterocycles. The van der Waals surface area contributed by atoms with Crippen LogP contribution >= 0.6 is 0 Å². The van der Waals surface area contributed by atoms with E-state index in [2.05, 4.69) is 17.0 Å². The molecule has 1 aliphatic rings. The van der Waals surface area contributed by atoms with Gasteiger partial charge in [-0.3, -0.25) is 9.69 Å². The molecule has 0 radical (unpaired) electrons. The van der Waals surface area contributed by atoms with Gasteiger partial charge < -0.3 is 10.5 Å². The molecule has 2 aromatic carbocycles. The third-order valence-corrected chi connectivity index (χ3v) is 4.71. The predicted molar refractivity (Wildman–Crippen MR) is 99.4 cm³/mol. The molecule has 1 atom stereocenters. The van der Waals surface area contributed by atoms with E-state index in [-0.39, 0.29) is 5.91 Å². The van der Waals surface area contributed by atoms with Gasteiger partial charge in [0.05, 0.1) is 0 Å². The van der Waals surface area contributed by atoms with E-state index >= 15 is 0 Å². The van der Waals surface area contributed by atoms with Gasteiger partial charge in [0.15, 0.2) is 0 Å². The van der Waals surface area contributed by atoms with Gasteiger partial charge in [-0.05, 0) is 61.6 Å². The van der Waals surface area contributed by atoms with E-state index in [0.29, 0.717) is 12.3 Å². The number of carbonyl (C=O) groups excluding carboxylic acids is 1. The van der Waals surface area contributed by atoms with Gasteiger partial charge in [-0.1, -0.05) is 30.3 Å². The Kier molecular flexibility index (Phi) is 6.07. The monoisotopic (exact) mass is 338 g/mol. The van der Waals surface area contributed by atoms with Crippen LogP contribution in [0.1, 0.15) is 31.2 Å². The summed E-state index contributed by atoms with van der Waals surface area (Å²) in [5.41, 5.74) is 6.56. The smallest absolute Gasteiger partial charge is 0.217 e. The minimum absolute atomic E-state index is 0.189. The van der Waals surface area contributed by atoms with Gasteiger partial charge in [-0.25, -0.2) is 0 Å². The normalized spacial score (nSPS) is 18.0. The highest BCUT2D eigenvalue weighted by molar-refractivity contribution is 5.73. The second kappa shape index (κ2) is 8.67. The van der Waals surface area contributed by atoms with E-state index in [1.807, 2.05) is 42.5 Å². The Morgan fingerprint density at radius 1 is 1.08 bits per heavy atom. The number of likely N-dealkylation sites (tertiary alicyclic amines) is 1. The van der Waals surface area contributed by atoms with Crippen LogP contribution in [0.3, 0.4) is 0 Å². The number of nitrogens with two attached hydrogens (primary N) is 1. The zero-order chi connectivity index (χ0) is 17.5. The van der Waals surface area contributed by atoms with Crippen molar-refractivity contribution in [3.05, 3.63) is 60.2 Å². The van der Waals surface area contributed by atoms with E-state index < -0.39 is 0 Å². The number of amides is 1. The minimum Gasteiger partial charge on any atom is -0.457 e. The topological polar surface area (TPSA) is 55.6 Å². The molecule has 0 bridgehead atoms. The zero-order valence-corrected chi connectivity index (χ0v) is 14.6. The Balaban J connectivity index is 1.51. The van der Waals surface area contributed by atoms with Crippen molar-refractivity contribution in [3.8, 4) is 11.5 Å². The van der Waals surface area contributed by atoms with Crippen molar-refractivity contribution < 1.29 is 9.53 Å². The van der Waals surface area contributed by atoms with E-state index in [4.69, 9.17) is 10.5 Å². The summed E-state index contributed by atoms with van der Waals surface area (Å²) < 4.78 is 5.84. The summed E-state index contributed by atoms with van der Waals surface area (Å²) in [4.78, 5) is 13.4. The first-order chi connectivity index (χ1) is 12.2. The number of rotatable bonds is 7. The summed E-state index contributed by atoms with van der Waals surface area (Å²) in [6.07, 6.45) is 3.81. The Bertz CT molecular complexity index is 670. The highest BCUT2D eigenvalue weighted by Gasteiger charge is 2.20. The lowest BCUT2D eigenvalue weighted by atomic mass is 9.93. The second-order valence-corrected chi connectivity index (χ2v) is 6.81. The maximum Gasteiger partial charge on any atom is 0.217 e. The largest absolute Gasteiger partial charge is 0.457 e. The maximum atomic E-state index is 11.0. The van der Waals surface area contributed by atoms with E-state index in [1.165, 1.54) is 18.4 Å². The number of carbonyl (C=O) groups is 1. The summed E-state index contributed by atoms with van der Waals surface area (Å²) >= 11 is 0. The molecule has 1 fully saturated rings. The number of benzene rings is 2. The summed E-state index contributed by atoms with van der Waals surface area (Å²) in [7, 11) is 0. The van der Waals surface area contributed by atoms with E-state index in [9.17, 15) is 4.79 Å². The average Bonchev–Trinajstić information content (AvgIpc) is 2.63. The Hall–Kier alpha value is -2.33. The molecule has 0 spiro atoms. The first kappa shape index (κ1) is 17.5. The zero-order valence-electron chi connectivity index (χ0n) is 14.6. The second-order valence-electron chi connectivity index (χ2n) is 6.81. The van der Waals surface area contributed by atoms with Gasteiger partial charge in [0.25, 0.3) is 0 Å². The lowest BCUT2D eigenvalue weighted by Gasteiger charge is -2.32. The molecule has 1 amide bonds. The summed E-state index contributed by atoms with van der Waals surface area (Å²) in [5, 5.41) is 0. The third-order valence-electron chi connectivity index (χ3n) is 4.71. The minimum atomic E-state index is -0.189. The standard InChI is InChI=1S/C21H26N2O2/c22-21(24)13-10-17-5-4-14-23(15-17)16-18-8-11-20(12-9-18)25-19-6-2-1-3-7-19/h1-3,6-9,11-12,17H,4-5,10,13-16H2,(H2,22,24)/t17-/m1/s1. The van der Waals surface area contributed by atoms with Crippen molar-refractivity contribution >= 4 is 5.91 Å². The third kappa shape index (κ3) is 5.61. The van der Waals surface area contributed by atoms with Crippen molar-refractivity contribution in [2.75, 3.05) is 13.1 Å². The van der Waals surface area contributed by atoms with Crippen LogP contribution in [-0.2, 0) is 11.3 Å². The Morgan fingerprint density at radius 3 is 2.52 bits per heavy atom. The summed E-state index contributed by atoms with van der Waals surface area (Å²) in [5.74, 6) is 2.10. The van der Waals surface area contributed by atoms with Gasteiger partial charge in [-0.15, -0.1) is 0 Å². The molecule has 25 heavy (non-hydrogen) atoms. The average molecular weight is 338 g/mol.